The summed E-state index contributed by atoms with van der Waals surface area (Å²) in [6, 6.07) is 9.23. The second-order valence-electron chi connectivity index (χ2n) is 7.68. The third kappa shape index (κ3) is 3.98. The lowest BCUT2D eigenvalue weighted by atomic mass is 9.85. The summed E-state index contributed by atoms with van der Waals surface area (Å²) in [6.07, 6.45) is 3.70. The molecule has 0 radical (unpaired) electrons. The quantitative estimate of drug-likeness (QED) is 0.817. The Kier molecular flexibility index (Phi) is 5.39. The molecule has 0 aliphatic carbocycles. The molecule has 0 amide bonds. The average molecular weight is 374 g/mol. The first-order valence-corrected chi connectivity index (χ1v) is 9.82. The number of hydrogen-bond acceptors (Lipinski definition) is 2. The molecule has 2 aromatic rings. The minimum Gasteiger partial charge on any atom is -0.369 e. The highest BCUT2D eigenvalue weighted by atomic mass is 19.1. The van der Waals surface area contributed by atoms with Gasteiger partial charge in [0.15, 0.2) is 0 Å². The summed E-state index contributed by atoms with van der Waals surface area (Å²) in [5.41, 5.74) is 2.12. The van der Waals surface area contributed by atoms with Crippen LogP contribution in [0.3, 0.4) is 0 Å². The van der Waals surface area contributed by atoms with Crippen LogP contribution in [0.5, 0.6) is 0 Å². The van der Waals surface area contributed by atoms with E-state index in [-0.39, 0.29) is 11.7 Å². The minimum atomic E-state index is -0.438. The molecule has 0 aromatic heterocycles. The summed E-state index contributed by atoms with van der Waals surface area (Å²) in [4.78, 5) is 1.86. The van der Waals surface area contributed by atoms with Gasteiger partial charge in [0.1, 0.15) is 17.5 Å². The van der Waals surface area contributed by atoms with Crippen molar-refractivity contribution in [2.75, 3.05) is 31.1 Å². The van der Waals surface area contributed by atoms with Gasteiger partial charge in [0.25, 0.3) is 0 Å². The molecule has 5 heteroatoms. The number of hydrogen-bond donors (Lipinski definition) is 1. The number of benzene rings is 2. The van der Waals surface area contributed by atoms with Crippen LogP contribution in [0.25, 0.3) is 0 Å². The maximum absolute atomic E-state index is 14.8. The first kappa shape index (κ1) is 18.4. The molecule has 27 heavy (non-hydrogen) atoms. The Morgan fingerprint density at radius 1 is 0.852 bits per heavy atom. The van der Waals surface area contributed by atoms with E-state index >= 15 is 0 Å². The van der Waals surface area contributed by atoms with E-state index in [1.807, 2.05) is 11.0 Å². The summed E-state index contributed by atoms with van der Waals surface area (Å²) in [5.74, 6) is -0.469. The maximum atomic E-state index is 14.8. The Bertz CT molecular complexity index is 794. The van der Waals surface area contributed by atoms with E-state index in [4.69, 9.17) is 0 Å². The molecule has 2 saturated heterocycles. The molecule has 4 rings (SSSR count). The van der Waals surface area contributed by atoms with Gasteiger partial charge in [0.05, 0.1) is 5.69 Å². The van der Waals surface area contributed by atoms with Crippen LogP contribution in [0.2, 0.25) is 0 Å². The van der Waals surface area contributed by atoms with Crippen molar-refractivity contribution in [1.82, 2.24) is 5.32 Å². The first-order chi connectivity index (χ1) is 13.1. The van der Waals surface area contributed by atoms with Gasteiger partial charge in [-0.2, -0.15) is 0 Å². The fourth-order valence-corrected chi connectivity index (χ4v) is 4.42. The molecular formula is C22H25F3N2. The van der Waals surface area contributed by atoms with Gasteiger partial charge in [-0.1, -0.05) is 12.1 Å². The molecule has 1 atom stereocenters. The summed E-state index contributed by atoms with van der Waals surface area (Å²) >= 11 is 0. The topological polar surface area (TPSA) is 15.3 Å². The SMILES string of the molecule is Fc1ccc(F)c(N2CCC(c3ccc(C4CCCNC4)cc3F)CC2)c1. The van der Waals surface area contributed by atoms with Crippen molar-refractivity contribution in [2.24, 2.45) is 0 Å². The van der Waals surface area contributed by atoms with Gasteiger partial charge >= 0.3 is 0 Å². The van der Waals surface area contributed by atoms with Crippen LogP contribution < -0.4 is 10.2 Å². The number of piperidine rings is 2. The van der Waals surface area contributed by atoms with E-state index in [1.165, 1.54) is 6.07 Å². The number of nitrogens with zero attached hydrogens (tertiary/aromatic N) is 1. The Morgan fingerprint density at radius 2 is 1.67 bits per heavy atom. The zero-order valence-corrected chi connectivity index (χ0v) is 15.4. The highest BCUT2D eigenvalue weighted by Crippen LogP contribution is 2.34. The van der Waals surface area contributed by atoms with Gasteiger partial charge < -0.3 is 10.2 Å². The average Bonchev–Trinajstić information content (AvgIpc) is 2.71. The van der Waals surface area contributed by atoms with Crippen molar-refractivity contribution in [3.63, 3.8) is 0 Å². The van der Waals surface area contributed by atoms with Gasteiger partial charge in [0.2, 0.25) is 0 Å². The van der Waals surface area contributed by atoms with Gasteiger partial charge in [-0.25, -0.2) is 13.2 Å². The van der Waals surface area contributed by atoms with Crippen LogP contribution >= 0.6 is 0 Å². The normalized spacial score (nSPS) is 21.4. The molecule has 2 nitrogen and oxygen atoms in total. The first-order valence-electron chi connectivity index (χ1n) is 9.82. The van der Waals surface area contributed by atoms with Crippen molar-refractivity contribution in [3.8, 4) is 0 Å². The lowest BCUT2D eigenvalue weighted by Crippen LogP contribution is -2.33. The molecule has 2 heterocycles. The largest absolute Gasteiger partial charge is 0.369 e. The van der Waals surface area contributed by atoms with Crippen LogP contribution in [0.1, 0.15) is 48.6 Å². The predicted molar refractivity (Wildman–Crippen MR) is 102 cm³/mol. The van der Waals surface area contributed by atoms with Crippen molar-refractivity contribution < 1.29 is 13.2 Å². The number of nitrogens with one attached hydrogen (secondary N) is 1. The molecule has 2 aromatic carbocycles. The second kappa shape index (κ2) is 7.93. The second-order valence-corrected chi connectivity index (χ2v) is 7.68. The van der Waals surface area contributed by atoms with E-state index in [0.29, 0.717) is 24.7 Å². The van der Waals surface area contributed by atoms with Crippen molar-refractivity contribution in [3.05, 3.63) is 65.0 Å². The molecule has 0 bridgehead atoms. The summed E-state index contributed by atoms with van der Waals surface area (Å²) in [7, 11) is 0. The van der Waals surface area contributed by atoms with Gasteiger partial charge in [-0.15, -0.1) is 0 Å². The Balaban J connectivity index is 1.44. The van der Waals surface area contributed by atoms with Crippen molar-refractivity contribution >= 4 is 5.69 Å². The number of anilines is 1. The molecule has 0 spiro atoms. The Labute approximate surface area is 158 Å². The van der Waals surface area contributed by atoms with E-state index in [0.717, 1.165) is 62.0 Å². The zero-order chi connectivity index (χ0) is 18.8. The van der Waals surface area contributed by atoms with Gasteiger partial charge in [0, 0.05) is 25.7 Å². The fraction of sp³-hybridized carbons (Fsp3) is 0.455. The Hall–Kier alpha value is -2.01. The third-order valence-corrected chi connectivity index (χ3v) is 5.98. The standard InChI is InChI=1S/C22H25F3N2/c23-18-4-6-20(24)22(13-18)27-10-7-15(8-11-27)19-5-3-16(12-21(19)25)17-2-1-9-26-14-17/h3-6,12-13,15,17,26H,1-2,7-11,14H2. The van der Waals surface area contributed by atoms with E-state index in [9.17, 15) is 13.2 Å². The van der Waals surface area contributed by atoms with Crippen molar-refractivity contribution in [2.45, 2.75) is 37.5 Å². The van der Waals surface area contributed by atoms with Gasteiger partial charge in [-0.3, -0.25) is 0 Å². The monoisotopic (exact) mass is 374 g/mol. The summed E-state index contributed by atoms with van der Waals surface area (Å²) < 4.78 is 42.2. The van der Waals surface area contributed by atoms with Crippen LogP contribution in [0.15, 0.2) is 36.4 Å². The van der Waals surface area contributed by atoms with E-state index in [1.54, 1.807) is 6.07 Å². The van der Waals surface area contributed by atoms with E-state index < -0.39 is 11.6 Å². The van der Waals surface area contributed by atoms with Crippen LogP contribution in [-0.4, -0.2) is 26.2 Å². The highest BCUT2D eigenvalue weighted by Gasteiger charge is 2.25. The summed E-state index contributed by atoms with van der Waals surface area (Å²) in [6.45, 7) is 3.15. The molecule has 2 fully saturated rings. The number of rotatable bonds is 3. The van der Waals surface area contributed by atoms with Crippen LogP contribution in [0, 0.1) is 17.5 Å². The molecule has 144 valence electrons. The summed E-state index contributed by atoms with van der Waals surface area (Å²) in [5, 5.41) is 3.37. The smallest absolute Gasteiger partial charge is 0.146 e. The molecule has 1 unspecified atom stereocenters. The molecule has 0 saturated carbocycles. The Morgan fingerprint density at radius 3 is 2.37 bits per heavy atom. The minimum absolute atomic E-state index is 0.122. The fourth-order valence-electron chi connectivity index (χ4n) is 4.42. The van der Waals surface area contributed by atoms with Crippen LogP contribution in [-0.2, 0) is 0 Å². The lowest BCUT2D eigenvalue weighted by molar-refractivity contribution is 0.455. The molecule has 2 aliphatic heterocycles. The molecule has 2 aliphatic rings. The van der Waals surface area contributed by atoms with E-state index in [2.05, 4.69) is 11.4 Å². The molecule has 1 N–H and O–H groups in total. The van der Waals surface area contributed by atoms with Crippen LogP contribution in [0.4, 0.5) is 18.9 Å². The maximum Gasteiger partial charge on any atom is 0.146 e. The predicted octanol–water partition coefficient (Wildman–Crippen LogP) is 4.95. The highest BCUT2D eigenvalue weighted by molar-refractivity contribution is 5.48. The third-order valence-electron chi connectivity index (χ3n) is 5.98. The number of halogens is 3. The lowest BCUT2D eigenvalue weighted by Gasteiger charge is -2.34. The van der Waals surface area contributed by atoms with Gasteiger partial charge in [-0.05, 0) is 73.4 Å². The molecular weight excluding hydrogens is 349 g/mol. The zero-order valence-electron chi connectivity index (χ0n) is 15.4. The van der Waals surface area contributed by atoms with Crippen molar-refractivity contribution in [1.29, 1.82) is 0 Å².